The summed E-state index contributed by atoms with van der Waals surface area (Å²) in [5.41, 5.74) is -0.553. The molecule has 0 radical (unpaired) electrons. The summed E-state index contributed by atoms with van der Waals surface area (Å²) in [6.45, 7) is -4.41. The van der Waals surface area contributed by atoms with E-state index in [2.05, 4.69) is 4.98 Å². The molecule has 0 aromatic carbocycles. The molecule has 0 amide bonds. The molecule has 2 rings (SSSR count). The fourth-order valence-corrected chi connectivity index (χ4v) is 1.54. The number of hydrogen-bond donors (Lipinski definition) is 0. The smallest absolute Gasteiger partial charge is 0.444 e. The first-order valence-corrected chi connectivity index (χ1v) is 3.83. The Morgan fingerprint density at radius 1 is 1.38 bits per heavy atom. The summed E-state index contributed by atoms with van der Waals surface area (Å²) >= 11 is 0. The van der Waals surface area contributed by atoms with E-state index in [1.807, 2.05) is 0 Å². The molecule has 0 unspecified atom stereocenters. The normalized spacial score (nSPS) is 15.3. The van der Waals surface area contributed by atoms with Crippen molar-refractivity contribution in [1.29, 1.82) is 0 Å². The fraction of sp³-hybridized carbons (Fsp3) is 0.500. The second-order valence-corrected chi connectivity index (χ2v) is 2.93. The molecule has 0 atom stereocenters. The van der Waals surface area contributed by atoms with Crippen molar-refractivity contribution in [3.8, 4) is 0 Å². The Hall–Kier alpha value is 0.701. The monoisotopic (exact) mass is 214 g/mol. The summed E-state index contributed by atoms with van der Waals surface area (Å²) < 4.78 is 38.1. The third-order valence-electron chi connectivity index (χ3n) is 2.09. The molecule has 1 aliphatic rings. The Morgan fingerprint density at radius 3 is 2.69 bits per heavy atom. The Labute approximate surface area is 116 Å². The van der Waals surface area contributed by atoms with Crippen LogP contribution in [0.4, 0.5) is 12.9 Å². The van der Waals surface area contributed by atoms with Gasteiger partial charge in [-0.15, -0.1) is 0 Å². The molecule has 1 aliphatic heterocycles. The Kier molecular flexibility index (Phi) is 3.68. The van der Waals surface area contributed by atoms with Crippen LogP contribution < -0.4 is 57.0 Å². The second kappa shape index (κ2) is 4.06. The van der Waals surface area contributed by atoms with Gasteiger partial charge in [-0.05, 0) is 12.0 Å². The van der Waals surface area contributed by atoms with Gasteiger partial charge in [0.05, 0.1) is 0 Å². The number of aryl methyl sites for hydroxylation is 1. The van der Waals surface area contributed by atoms with E-state index in [1.54, 1.807) is 0 Å². The summed E-state index contributed by atoms with van der Waals surface area (Å²) in [5, 5.41) is 0. The zero-order chi connectivity index (χ0) is 8.77. The maximum absolute atomic E-state index is 12.3. The zero-order valence-electron chi connectivity index (χ0n) is 7.30. The maximum Gasteiger partial charge on any atom is 1.00 e. The van der Waals surface area contributed by atoms with Gasteiger partial charge < -0.3 is 17.5 Å². The number of fused-ring (bicyclic) bond motifs is 1. The van der Waals surface area contributed by atoms with Crippen LogP contribution in [0.5, 0.6) is 0 Å². The third-order valence-corrected chi connectivity index (χ3v) is 2.09. The van der Waals surface area contributed by atoms with Gasteiger partial charge in [0.1, 0.15) is 5.82 Å². The van der Waals surface area contributed by atoms with Crippen molar-refractivity contribution in [2.45, 2.75) is 19.4 Å². The van der Waals surface area contributed by atoms with Gasteiger partial charge in [-0.2, -0.15) is 0 Å². The molecular formula is C6H7BF3KN2. The molecule has 2 nitrogen and oxygen atoms in total. The molecule has 0 fully saturated rings. The molecule has 0 spiro atoms. The van der Waals surface area contributed by atoms with Crippen molar-refractivity contribution in [3.63, 3.8) is 0 Å². The predicted octanol–water partition coefficient (Wildman–Crippen LogP) is -2.11. The second-order valence-electron chi connectivity index (χ2n) is 2.93. The number of aromatic nitrogens is 2. The number of rotatable bonds is 1. The van der Waals surface area contributed by atoms with Gasteiger partial charge in [-0.3, -0.25) is 0 Å². The van der Waals surface area contributed by atoms with Crippen molar-refractivity contribution >= 4 is 12.6 Å². The molecule has 1 aromatic rings. The fourth-order valence-electron chi connectivity index (χ4n) is 1.54. The van der Waals surface area contributed by atoms with Gasteiger partial charge in [0.15, 0.2) is 0 Å². The molecule has 1 aromatic heterocycles. The standard InChI is InChI=1S/C6H7BF3N2.K/c8-7(9,10)5-4-11-6-2-1-3-12(5)6;/h4H,1-3H2;/q-1;+1. The number of nitrogens with zero attached hydrogens (tertiary/aromatic N) is 2. The van der Waals surface area contributed by atoms with E-state index in [1.165, 1.54) is 4.57 Å². The first-order valence-electron chi connectivity index (χ1n) is 3.83. The van der Waals surface area contributed by atoms with E-state index in [0.29, 0.717) is 18.8 Å². The number of imidazole rings is 1. The number of halogens is 3. The summed E-state index contributed by atoms with van der Waals surface area (Å²) in [7, 11) is 0. The molecule has 0 aliphatic carbocycles. The minimum atomic E-state index is -4.88. The van der Waals surface area contributed by atoms with Crippen LogP contribution in [0.15, 0.2) is 6.20 Å². The molecule has 66 valence electrons. The van der Waals surface area contributed by atoms with Crippen LogP contribution >= 0.6 is 0 Å². The van der Waals surface area contributed by atoms with Crippen LogP contribution in [0, 0.1) is 0 Å². The average molecular weight is 214 g/mol. The molecule has 0 saturated heterocycles. The van der Waals surface area contributed by atoms with Crippen LogP contribution in [0.3, 0.4) is 0 Å². The van der Waals surface area contributed by atoms with Crippen LogP contribution in [-0.4, -0.2) is 16.5 Å². The van der Waals surface area contributed by atoms with Crippen LogP contribution in [0.2, 0.25) is 0 Å². The van der Waals surface area contributed by atoms with E-state index >= 15 is 0 Å². The van der Waals surface area contributed by atoms with Gasteiger partial charge in [-0.25, -0.2) is 4.98 Å². The summed E-state index contributed by atoms with van der Waals surface area (Å²) in [6.07, 6.45) is 2.39. The first-order chi connectivity index (χ1) is 5.59. The quantitative estimate of drug-likeness (QED) is 0.489. The summed E-state index contributed by atoms with van der Waals surface area (Å²) in [6, 6.07) is 0. The summed E-state index contributed by atoms with van der Waals surface area (Å²) in [5.74, 6) is 0.573. The minimum Gasteiger partial charge on any atom is -0.444 e. The molecule has 0 bridgehead atoms. The molecule has 0 N–H and O–H groups in total. The Bertz CT molecular complexity index is 309. The van der Waals surface area contributed by atoms with Crippen LogP contribution in [0.25, 0.3) is 0 Å². The molecule has 7 heteroatoms. The third kappa shape index (κ3) is 2.20. The predicted molar refractivity (Wildman–Crippen MR) is 39.3 cm³/mol. The first kappa shape index (κ1) is 11.8. The molecular weight excluding hydrogens is 207 g/mol. The molecule has 13 heavy (non-hydrogen) atoms. The molecule has 2 heterocycles. The zero-order valence-corrected chi connectivity index (χ0v) is 10.4. The van der Waals surface area contributed by atoms with Crippen molar-refractivity contribution in [1.82, 2.24) is 9.55 Å². The van der Waals surface area contributed by atoms with E-state index in [9.17, 15) is 12.9 Å². The van der Waals surface area contributed by atoms with E-state index < -0.39 is 12.6 Å². The topological polar surface area (TPSA) is 17.8 Å². The van der Waals surface area contributed by atoms with Crippen molar-refractivity contribution < 1.29 is 64.3 Å². The van der Waals surface area contributed by atoms with Crippen LogP contribution in [0.1, 0.15) is 12.2 Å². The van der Waals surface area contributed by atoms with Gasteiger partial charge in [0.2, 0.25) is 0 Å². The van der Waals surface area contributed by atoms with Crippen LogP contribution in [-0.2, 0) is 13.0 Å². The molecule has 0 saturated carbocycles. The van der Waals surface area contributed by atoms with E-state index in [4.69, 9.17) is 0 Å². The largest absolute Gasteiger partial charge is 1.00 e. The maximum atomic E-state index is 12.3. The average Bonchev–Trinajstić information content (AvgIpc) is 2.37. The summed E-state index contributed by atoms with van der Waals surface area (Å²) in [4.78, 5) is 3.72. The number of hydrogen-bond acceptors (Lipinski definition) is 1. The minimum absolute atomic E-state index is 0. The van der Waals surface area contributed by atoms with Crippen molar-refractivity contribution in [3.05, 3.63) is 12.0 Å². The van der Waals surface area contributed by atoms with Gasteiger partial charge >= 0.3 is 58.4 Å². The van der Waals surface area contributed by atoms with Crippen molar-refractivity contribution in [2.24, 2.45) is 0 Å². The SMILES string of the molecule is F[B-](F)(F)c1cnc2n1CCC2.[K+]. The van der Waals surface area contributed by atoms with E-state index in [0.717, 1.165) is 12.6 Å². The van der Waals surface area contributed by atoms with Gasteiger partial charge in [-0.1, -0.05) is 0 Å². The van der Waals surface area contributed by atoms with Gasteiger partial charge in [0.25, 0.3) is 0 Å². The van der Waals surface area contributed by atoms with Crippen molar-refractivity contribution in [2.75, 3.05) is 0 Å². The van der Waals surface area contributed by atoms with E-state index in [-0.39, 0.29) is 51.4 Å². The van der Waals surface area contributed by atoms with Gasteiger partial charge in [0, 0.05) is 19.2 Å². The Morgan fingerprint density at radius 2 is 2.08 bits per heavy atom. The Balaban J connectivity index is 0.000000845.